The van der Waals surface area contributed by atoms with Gasteiger partial charge in [-0.1, -0.05) is 24.3 Å². The number of likely N-dealkylation sites (tertiary alicyclic amines) is 1. The monoisotopic (exact) mass is 366 g/mol. The zero-order valence-electron chi connectivity index (χ0n) is 15.2. The van der Waals surface area contributed by atoms with Gasteiger partial charge >= 0.3 is 5.97 Å². The standard InChI is InChI=1S/C21H22N2O4/c1-14-8-17(11-18(9-14)21(26)27)20(25)22-12-15-4-2-5-16(10-15)13-23-7-3-6-19(23)24/h2,4-5,8-11H,3,6-7,12-13H2,1H3,(H,22,25)(H,26,27). The van der Waals surface area contributed by atoms with Crippen LogP contribution in [0.3, 0.4) is 0 Å². The van der Waals surface area contributed by atoms with Crippen LogP contribution in [0, 0.1) is 6.92 Å². The molecular weight excluding hydrogens is 344 g/mol. The number of amides is 2. The number of carboxylic acid groups (broad SMARTS) is 1. The van der Waals surface area contributed by atoms with E-state index in [2.05, 4.69) is 5.32 Å². The summed E-state index contributed by atoms with van der Waals surface area (Å²) in [6.07, 6.45) is 1.52. The molecule has 0 bridgehead atoms. The van der Waals surface area contributed by atoms with Gasteiger partial charge in [-0.05, 0) is 48.2 Å². The van der Waals surface area contributed by atoms with Gasteiger partial charge in [-0.3, -0.25) is 9.59 Å². The van der Waals surface area contributed by atoms with Crippen LogP contribution in [0.5, 0.6) is 0 Å². The highest BCUT2D eigenvalue weighted by Crippen LogP contribution is 2.15. The molecule has 2 amide bonds. The summed E-state index contributed by atoms with van der Waals surface area (Å²) in [5.41, 5.74) is 3.10. The number of nitrogens with one attached hydrogen (secondary N) is 1. The normalized spacial score (nSPS) is 13.7. The lowest BCUT2D eigenvalue weighted by Crippen LogP contribution is -2.25. The van der Waals surface area contributed by atoms with Crippen LogP contribution in [-0.2, 0) is 17.9 Å². The average molecular weight is 366 g/mol. The highest BCUT2D eigenvalue weighted by atomic mass is 16.4. The molecule has 6 heteroatoms. The molecule has 1 heterocycles. The maximum absolute atomic E-state index is 12.4. The van der Waals surface area contributed by atoms with Crippen molar-refractivity contribution in [3.8, 4) is 0 Å². The predicted octanol–water partition coefficient (Wildman–Crippen LogP) is 2.75. The maximum atomic E-state index is 12.4. The van der Waals surface area contributed by atoms with Gasteiger partial charge in [0.2, 0.25) is 5.91 Å². The van der Waals surface area contributed by atoms with Gasteiger partial charge in [0, 0.05) is 31.6 Å². The maximum Gasteiger partial charge on any atom is 0.335 e. The second-order valence-corrected chi connectivity index (χ2v) is 6.81. The summed E-state index contributed by atoms with van der Waals surface area (Å²) in [6, 6.07) is 12.3. The van der Waals surface area contributed by atoms with E-state index in [4.69, 9.17) is 5.11 Å². The number of benzene rings is 2. The van der Waals surface area contributed by atoms with Gasteiger partial charge in [-0.25, -0.2) is 4.79 Å². The summed E-state index contributed by atoms with van der Waals surface area (Å²) in [7, 11) is 0. The summed E-state index contributed by atoms with van der Waals surface area (Å²) >= 11 is 0. The summed E-state index contributed by atoms with van der Waals surface area (Å²) in [4.78, 5) is 37.2. The molecule has 0 aromatic heterocycles. The van der Waals surface area contributed by atoms with E-state index in [0.717, 1.165) is 29.7 Å². The number of nitrogens with zero attached hydrogens (tertiary/aromatic N) is 1. The number of aryl methyl sites for hydroxylation is 1. The summed E-state index contributed by atoms with van der Waals surface area (Å²) in [5.74, 6) is -1.19. The number of rotatable bonds is 6. The molecule has 2 aromatic carbocycles. The fraction of sp³-hybridized carbons (Fsp3) is 0.286. The first-order chi connectivity index (χ1) is 12.9. The molecule has 140 valence electrons. The van der Waals surface area contributed by atoms with Crippen LogP contribution >= 0.6 is 0 Å². The van der Waals surface area contributed by atoms with E-state index >= 15 is 0 Å². The summed E-state index contributed by atoms with van der Waals surface area (Å²) in [6.45, 7) is 3.46. The molecule has 0 spiro atoms. The van der Waals surface area contributed by atoms with Crippen molar-refractivity contribution in [2.75, 3.05) is 6.54 Å². The third kappa shape index (κ3) is 4.73. The molecule has 1 saturated heterocycles. The van der Waals surface area contributed by atoms with Crippen LogP contribution in [0.15, 0.2) is 42.5 Å². The molecule has 3 rings (SSSR count). The summed E-state index contributed by atoms with van der Waals surface area (Å²) < 4.78 is 0. The SMILES string of the molecule is Cc1cc(C(=O)O)cc(C(=O)NCc2cccc(CN3CCCC3=O)c2)c1. The molecule has 0 saturated carbocycles. The van der Waals surface area contributed by atoms with Crippen LogP contribution in [0.2, 0.25) is 0 Å². The molecule has 6 nitrogen and oxygen atoms in total. The first-order valence-electron chi connectivity index (χ1n) is 8.91. The van der Waals surface area contributed by atoms with Crippen molar-refractivity contribution in [1.29, 1.82) is 0 Å². The van der Waals surface area contributed by atoms with Gasteiger partial charge in [0.25, 0.3) is 5.91 Å². The van der Waals surface area contributed by atoms with E-state index in [-0.39, 0.29) is 17.4 Å². The number of hydrogen-bond donors (Lipinski definition) is 2. The molecule has 2 aromatic rings. The Bertz CT molecular complexity index is 892. The fourth-order valence-electron chi connectivity index (χ4n) is 3.25. The number of hydrogen-bond acceptors (Lipinski definition) is 3. The van der Waals surface area contributed by atoms with E-state index < -0.39 is 5.97 Å². The minimum atomic E-state index is -1.06. The second kappa shape index (κ2) is 8.03. The molecule has 0 radical (unpaired) electrons. The number of aromatic carboxylic acids is 1. The van der Waals surface area contributed by atoms with E-state index in [1.165, 1.54) is 12.1 Å². The van der Waals surface area contributed by atoms with Gasteiger partial charge in [-0.15, -0.1) is 0 Å². The topological polar surface area (TPSA) is 86.7 Å². The molecular formula is C21H22N2O4. The summed E-state index contributed by atoms with van der Waals surface area (Å²) in [5, 5.41) is 12.0. The molecule has 0 aliphatic carbocycles. The first-order valence-corrected chi connectivity index (χ1v) is 8.91. The minimum Gasteiger partial charge on any atom is -0.478 e. The molecule has 1 aliphatic rings. The van der Waals surface area contributed by atoms with Crippen molar-refractivity contribution < 1.29 is 19.5 Å². The molecule has 1 fully saturated rings. The third-order valence-electron chi connectivity index (χ3n) is 4.58. The van der Waals surface area contributed by atoms with E-state index in [1.807, 2.05) is 29.2 Å². The van der Waals surface area contributed by atoms with Crippen LogP contribution in [0.1, 0.15) is 50.2 Å². The Morgan fingerprint density at radius 3 is 2.56 bits per heavy atom. The molecule has 2 N–H and O–H groups in total. The number of carbonyl (C=O) groups excluding carboxylic acids is 2. The lowest BCUT2D eigenvalue weighted by molar-refractivity contribution is -0.128. The molecule has 1 aliphatic heterocycles. The number of carbonyl (C=O) groups is 3. The van der Waals surface area contributed by atoms with E-state index in [9.17, 15) is 14.4 Å². The van der Waals surface area contributed by atoms with Crippen molar-refractivity contribution >= 4 is 17.8 Å². The molecule has 0 atom stereocenters. The van der Waals surface area contributed by atoms with Crippen molar-refractivity contribution in [3.63, 3.8) is 0 Å². The fourth-order valence-corrected chi connectivity index (χ4v) is 3.25. The number of carboxylic acids is 1. The largest absolute Gasteiger partial charge is 0.478 e. The van der Waals surface area contributed by atoms with Gasteiger partial charge < -0.3 is 15.3 Å². The Kier molecular flexibility index (Phi) is 5.54. The van der Waals surface area contributed by atoms with Crippen molar-refractivity contribution in [2.24, 2.45) is 0 Å². The average Bonchev–Trinajstić information content (AvgIpc) is 3.04. The third-order valence-corrected chi connectivity index (χ3v) is 4.58. The van der Waals surface area contributed by atoms with E-state index in [0.29, 0.717) is 25.1 Å². The van der Waals surface area contributed by atoms with Gasteiger partial charge in [0.05, 0.1) is 5.56 Å². The van der Waals surface area contributed by atoms with E-state index in [1.54, 1.807) is 13.0 Å². The lowest BCUT2D eigenvalue weighted by Gasteiger charge is -2.16. The molecule has 27 heavy (non-hydrogen) atoms. The van der Waals surface area contributed by atoms with Crippen LogP contribution in [0.25, 0.3) is 0 Å². The predicted molar refractivity (Wildman–Crippen MR) is 100 cm³/mol. The lowest BCUT2D eigenvalue weighted by atomic mass is 10.1. The van der Waals surface area contributed by atoms with Crippen LogP contribution < -0.4 is 5.32 Å². The smallest absolute Gasteiger partial charge is 0.335 e. The highest BCUT2D eigenvalue weighted by Gasteiger charge is 2.20. The molecule has 0 unspecified atom stereocenters. The van der Waals surface area contributed by atoms with Crippen LogP contribution in [-0.4, -0.2) is 34.3 Å². The van der Waals surface area contributed by atoms with Crippen molar-refractivity contribution in [2.45, 2.75) is 32.9 Å². The Labute approximate surface area is 157 Å². The van der Waals surface area contributed by atoms with Gasteiger partial charge in [0.1, 0.15) is 0 Å². The quantitative estimate of drug-likeness (QED) is 0.823. The Balaban J connectivity index is 1.64. The first kappa shape index (κ1) is 18.6. The second-order valence-electron chi connectivity index (χ2n) is 6.81. The Hall–Kier alpha value is -3.15. The van der Waals surface area contributed by atoms with Gasteiger partial charge in [-0.2, -0.15) is 0 Å². The Morgan fingerprint density at radius 2 is 1.85 bits per heavy atom. The van der Waals surface area contributed by atoms with Crippen LogP contribution in [0.4, 0.5) is 0 Å². The zero-order chi connectivity index (χ0) is 19.4. The Morgan fingerprint density at radius 1 is 1.11 bits per heavy atom. The van der Waals surface area contributed by atoms with Crippen molar-refractivity contribution in [3.05, 3.63) is 70.3 Å². The van der Waals surface area contributed by atoms with Crippen molar-refractivity contribution in [1.82, 2.24) is 10.2 Å². The van der Waals surface area contributed by atoms with Gasteiger partial charge in [0.15, 0.2) is 0 Å². The zero-order valence-corrected chi connectivity index (χ0v) is 15.2. The minimum absolute atomic E-state index is 0.0948. The highest BCUT2D eigenvalue weighted by molar-refractivity contribution is 5.97.